The Bertz CT molecular complexity index is 585. The molecule has 0 unspecified atom stereocenters. The van der Waals surface area contributed by atoms with Gasteiger partial charge in [-0.1, -0.05) is 13.8 Å². The molecule has 10 heteroatoms. The Morgan fingerprint density at radius 3 is 2.48 bits per heavy atom. The van der Waals surface area contributed by atoms with Crippen LogP contribution in [0, 0.1) is 0 Å². The van der Waals surface area contributed by atoms with E-state index in [2.05, 4.69) is 21.2 Å². The van der Waals surface area contributed by atoms with Crippen LogP contribution in [0.15, 0.2) is 14.7 Å². The first kappa shape index (κ1) is 18.9. The summed E-state index contributed by atoms with van der Waals surface area (Å²) < 4.78 is 62.0. The molecule has 0 aliphatic heterocycles. The first-order valence-corrected chi connectivity index (χ1v) is 9.03. The van der Waals surface area contributed by atoms with E-state index in [0.717, 1.165) is 11.9 Å². The van der Waals surface area contributed by atoms with Gasteiger partial charge in [-0.2, -0.15) is 17.5 Å². The molecule has 0 aromatic carbocycles. The summed E-state index contributed by atoms with van der Waals surface area (Å²) in [5.74, 6) is 0. The first-order valence-electron chi connectivity index (χ1n) is 5.98. The number of thiophene rings is 1. The molecule has 21 heavy (non-hydrogen) atoms. The molecule has 1 heterocycles. The predicted octanol–water partition coefficient (Wildman–Crippen LogP) is 3.19. The standard InChI is InChI=1S/C11H16BrF3N2O2S2/c1-7(2)16-5-8-4-9(10(12)20-8)21(18,19)17(3)6-11(13,14)15/h4,7,16H,5-6H2,1-3H3. The van der Waals surface area contributed by atoms with Crippen molar-refractivity contribution in [1.82, 2.24) is 9.62 Å². The highest BCUT2D eigenvalue weighted by atomic mass is 79.9. The maximum absolute atomic E-state index is 12.3. The highest BCUT2D eigenvalue weighted by Gasteiger charge is 2.36. The predicted molar refractivity (Wildman–Crippen MR) is 79.9 cm³/mol. The zero-order valence-corrected chi connectivity index (χ0v) is 14.9. The van der Waals surface area contributed by atoms with Gasteiger partial charge in [0.1, 0.15) is 11.4 Å². The molecule has 1 N–H and O–H groups in total. The molecule has 0 fully saturated rings. The lowest BCUT2D eigenvalue weighted by atomic mass is 10.4. The van der Waals surface area contributed by atoms with Crippen LogP contribution in [0.25, 0.3) is 0 Å². The van der Waals surface area contributed by atoms with E-state index >= 15 is 0 Å². The summed E-state index contributed by atoms with van der Waals surface area (Å²) >= 11 is 4.30. The number of sulfonamides is 1. The Balaban J connectivity index is 2.98. The number of nitrogens with zero attached hydrogens (tertiary/aromatic N) is 1. The second-order valence-corrected chi connectivity index (χ2v) is 9.23. The maximum atomic E-state index is 12.3. The maximum Gasteiger partial charge on any atom is 0.402 e. The van der Waals surface area contributed by atoms with Crippen LogP contribution in [-0.4, -0.2) is 38.5 Å². The molecule has 0 aliphatic carbocycles. The summed E-state index contributed by atoms with van der Waals surface area (Å²) in [6.45, 7) is 2.82. The van der Waals surface area contributed by atoms with Crippen molar-refractivity contribution >= 4 is 37.3 Å². The Kier molecular flexibility index (Phi) is 6.25. The Labute approximate surface area is 134 Å². The molecule has 4 nitrogen and oxygen atoms in total. The molecule has 0 atom stereocenters. The van der Waals surface area contributed by atoms with Gasteiger partial charge in [-0.05, 0) is 22.0 Å². The summed E-state index contributed by atoms with van der Waals surface area (Å²) in [5.41, 5.74) is 0. The average Bonchev–Trinajstić information content (AvgIpc) is 2.66. The zero-order valence-electron chi connectivity index (χ0n) is 11.7. The molecule has 0 saturated heterocycles. The topological polar surface area (TPSA) is 49.4 Å². The van der Waals surface area contributed by atoms with Gasteiger partial charge < -0.3 is 5.32 Å². The zero-order chi connectivity index (χ0) is 16.4. The van der Waals surface area contributed by atoms with Gasteiger partial charge in [0.15, 0.2) is 0 Å². The Morgan fingerprint density at radius 2 is 2.00 bits per heavy atom. The van der Waals surface area contributed by atoms with Crippen molar-refractivity contribution in [3.8, 4) is 0 Å². The minimum atomic E-state index is -4.58. The van der Waals surface area contributed by atoms with Crippen molar-refractivity contribution in [2.75, 3.05) is 13.6 Å². The number of rotatable bonds is 6. The summed E-state index contributed by atoms with van der Waals surface area (Å²) in [6, 6.07) is 1.62. The largest absolute Gasteiger partial charge is 0.402 e. The van der Waals surface area contributed by atoms with E-state index < -0.39 is 22.7 Å². The van der Waals surface area contributed by atoms with E-state index in [1.54, 1.807) is 0 Å². The van der Waals surface area contributed by atoms with E-state index in [1.807, 2.05) is 13.8 Å². The summed E-state index contributed by atoms with van der Waals surface area (Å²) in [6.07, 6.45) is -4.58. The molecule has 122 valence electrons. The van der Waals surface area contributed by atoms with Crippen LogP contribution < -0.4 is 5.32 Å². The fourth-order valence-electron chi connectivity index (χ4n) is 1.47. The fourth-order valence-corrected chi connectivity index (χ4v) is 5.21. The fraction of sp³-hybridized carbons (Fsp3) is 0.636. The number of halogens is 4. The van der Waals surface area contributed by atoms with Crippen LogP contribution in [0.3, 0.4) is 0 Å². The highest BCUT2D eigenvalue weighted by molar-refractivity contribution is 9.11. The summed E-state index contributed by atoms with van der Waals surface area (Å²) in [7, 11) is -3.26. The summed E-state index contributed by atoms with van der Waals surface area (Å²) in [4.78, 5) is 0.592. The van der Waals surface area contributed by atoms with Gasteiger partial charge in [0.05, 0.1) is 3.79 Å². The second kappa shape index (κ2) is 6.95. The molecule has 0 aliphatic rings. The van der Waals surface area contributed by atoms with E-state index in [4.69, 9.17) is 0 Å². The lowest BCUT2D eigenvalue weighted by molar-refractivity contribution is -0.134. The highest BCUT2D eigenvalue weighted by Crippen LogP contribution is 2.34. The Hall–Kier alpha value is -0.160. The van der Waals surface area contributed by atoms with Gasteiger partial charge >= 0.3 is 6.18 Å². The summed E-state index contributed by atoms with van der Waals surface area (Å²) in [5, 5.41) is 3.12. The van der Waals surface area contributed by atoms with Crippen molar-refractivity contribution in [3.63, 3.8) is 0 Å². The first-order chi connectivity index (χ1) is 9.43. The lowest BCUT2D eigenvalue weighted by Crippen LogP contribution is -2.35. The number of hydrogen-bond donors (Lipinski definition) is 1. The number of alkyl halides is 3. The van der Waals surface area contributed by atoms with Crippen LogP contribution in [-0.2, 0) is 16.6 Å². The van der Waals surface area contributed by atoms with Crippen LogP contribution in [0.5, 0.6) is 0 Å². The number of hydrogen-bond acceptors (Lipinski definition) is 4. The number of nitrogens with one attached hydrogen (secondary N) is 1. The van der Waals surface area contributed by atoms with Crippen LogP contribution in [0.1, 0.15) is 18.7 Å². The molecule has 0 bridgehead atoms. The minimum Gasteiger partial charge on any atom is -0.310 e. The quantitative estimate of drug-likeness (QED) is 0.785. The molecule has 0 radical (unpaired) electrons. The molecule has 1 aromatic heterocycles. The molecule has 1 aromatic rings. The smallest absolute Gasteiger partial charge is 0.310 e. The van der Waals surface area contributed by atoms with Gasteiger partial charge in [-0.15, -0.1) is 11.3 Å². The average molecular weight is 409 g/mol. The van der Waals surface area contributed by atoms with E-state index in [0.29, 0.717) is 14.6 Å². The van der Waals surface area contributed by atoms with Crippen LogP contribution >= 0.6 is 27.3 Å². The minimum absolute atomic E-state index is 0.139. The molecule has 1 rings (SSSR count). The van der Waals surface area contributed by atoms with Crippen molar-refractivity contribution < 1.29 is 21.6 Å². The normalized spacial score (nSPS) is 13.4. The van der Waals surface area contributed by atoms with Crippen molar-refractivity contribution in [3.05, 3.63) is 14.7 Å². The van der Waals surface area contributed by atoms with E-state index in [1.165, 1.54) is 17.4 Å². The third kappa shape index (κ3) is 5.51. The third-order valence-electron chi connectivity index (χ3n) is 2.48. The second-order valence-electron chi connectivity index (χ2n) is 4.76. The molecular formula is C11H16BrF3N2O2S2. The van der Waals surface area contributed by atoms with Gasteiger partial charge in [0, 0.05) is 24.5 Å². The van der Waals surface area contributed by atoms with Gasteiger partial charge in [0.25, 0.3) is 0 Å². The van der Waals surface area contributed by atoms with E-state index in [9.17, 15) is 21.6 Å². The van der Waals surface area contributed by atoms with Crippen LogP contribution in [0.4, 0.5) is 13.2 Å². The van der Waals surface area contributed by atoms with Crippen molar-refractivity contribution in [2.45, 2.75) is 37.5 Å². The van der Waals surface area contributed by atoms with Crippen LogP contribution in [0.2, 0.25) is 0 Å². The molecular weight excluding hydrogens is 393 g/mol. The van der Waals surface area contributed by atoms with Crippen molar-refractivity contribution in [1.29, 1.82) is 0 Å². The lowest BCUT2D eigenvalue weighted by Gasteiger charge is -2.18. The van der Waals surface area contributed by atoms with E-state index in [-0.39, 0.29) is 10.9 Å². The van der Waals surface area contributed by atoms with Crippen molar-refractivity contribution in [2.24, 2.45) is 0 Å². The SMILES string of the molecule is CC(C)NCc1cc(S(=O)(=O)N(C)CC(F)(F)F)c(Br)s1. The van der Waals surface area contributed by atoms with Gasteiger partial charge in [-0.3, -0.25) is 0 Å². The van der Waals surface area contributed by atoms with Gasteiger partial charge in [-0.25, -0.2) is 8.42 Å². The molecule has 0 amide bonds. The van der Waals surface area contributed by atoms with Gasteiger partial charge in [0.2, 0.25) is 10.0 Å². The monoisotopic (exact) mass is 408 g/mol. The third-order valence-corrected chi connectivity index (χ3v) is 6.54. The molecule has 0 spiro atoms. The molecule has 0 saturated carbocycles. The Morgan fingerprint density at radius 1 is 1.43 bits per heavy atom.